The number of urea groups is 1. The monoisotopic (exact) mass is 325 g/mol. The Morgan fingerprint density at radius 1 is 1.18 bits per heavy atom. The van der Waals surface area contributed by atoms with E-state index in [1.54, 1.807) is 17.0 Å². The summed E-state index contributed by atoms with van der Waals surface area (Å²) in [6, 6.07) is 6.32. The molecule has 0 aliphatic carbocycles. The van der Waals surface area contributed by atoms with Crippen LogP contribution in [0.1, 0.15) is 18.4 Å². The largest absolute Gasteiger partial charge is 0.331 e. The first kappa shape index (κ1) is 16.8. The van der Waals surface area contributed by atoms with Crippen LogP contribution in [-0.2, 0) is 10.0 Å². The zero-order valence-corrected chi connectivity index (χ0v) is 14.1. The molecule has 1 heterocycles. The number of piperidine rings is 1. The summed E-state index contributed by atoms with van der Waals surface area (Å²) in [6.45, 7) is 3.01. The van der Waals surface area contributed by atoms with E-state index >= 15 is 0 Å². The Hall–Kier alpha value is -1.60. The van der Waals surface area contributed by atoms with E-state index in [-0.39, 0.29) is 4.90 Å². The molecular weight excluding hydrogens is 302 g/mol. The highest BCUT2D eigenvalue weighted by atomic mass is 32.2. The number of benzene rings is 1. The summed E-state index contributed by atoms with van der Waals surface area (Å²) in [5.41, 5.74) is 0.969. The van der Waals surface area contributed by atoms with Gasteiger partial charge < -0.3 is 9.80 Å². The molecule has 7 heteroatoms. The van der Waals surface area contributed by atoms with Gasteiger partial charge in [0.15, 0.2) is 0 Å². The molecule has 122 valence electrons. The summed E-state index contributed by atoms with van der Waals surface area (Å²) in [6.07, 6.45) is 1.70. The summed E-state index contributed by atoms with van der Waals surface area (Å²) in [5, 5.41) is 0. The number of nitrogens with one attached hydrogen (secondary N) is 1. The van der Waals surface area contributed by atoms with Gasteiger partial charge in [-0.2, -0.15) is 0 Å². The zero-order valence-electron chi connectivity index (χ0n) is 13.2. The van der Waals surface area contributed by atoms with Crippen LogP contribution < -0.4 is 4.72 Å². The van der Waals surface area contributed by atoms with Crippen molar-refractivity contribution < 1.29 is 13.2 Å². The van der Waals surface area contributed by atoms with Crippen LogP contribution in [0.2, 0.25) is 0 Å². The number of hydrogen-bond donors (Lipinski definition) is 1. The molecule has 0 atom stereocenters. The number of carbonyl (C=O) groups is 1. The van der Waals surface area contributed by atoms with Crippen LogP contribution in [-0.4, -0.2) is 57.5 Å². The van der Waals surface area contributed by atoms with Crippen molar-refractivity contribution in [3.63, 3.8) is 0 Å². The molecule has 1 saturated heterocycles. The van der Waals surface area contributed by atoms with Crippen LogP contribution in [0.3, 0.4) is 0 Å². The number of carbonyl (C=O) groups excluding carboxylic acids is 1. The highest BCUT2D eigenvalue weighted by molar-refractivity contribution is 7.90. The smallest absolute Gasteiger partial charge is 0.324 e. The van der Waals surface area contributed by atoms with E-state index in [1.165, 1.54) is 12.1 Å². The number of amides is 2. The minimum absolute atomic E-state index is 0.106. The average Bonchev–Trinajstić information content (AvgIpc) is 2.47. The molecule has 1 aliphatic heterocycles. The van der Waals surface area contributed by atoms with Gasteiger partial charge in [-0.15, -0.1) is 0 Å². The van der Waals surface area contributed by atoms with Gasteiger partial charge in [0.05, 0.1) is 4.90 Å². The van der Waals surface area contributed by atoms with Gasteiger partial charge >= 0.3 is 6.03 Å². The Labute approximate surface area is 132 Å². The number of likely N-dealkylation sites (tertiary alicyclic amines) is 1. The summed E-state index contributed by atoms with van der Waals surface area (Å²) in [5.74, 6) is 0. The topological polar surface area (TPSA) is 69.7 Å². The van der Waals surface area contributed by atoms with E-state index in [0.29, 0.717) is 19.1 Å². The van der Waals surface area contributed by atoms with E-state index < -0.39 is 16.1 Å². The molecule has 1 aromatic carbocycles. The maximum Gasteiger partial charge on any atom is 0.331 e. The standard InChI is InChI=1S/C15H23N3O3S/c1-12-4-6-14(7-5-12)22(20,21)16-15(19)18-10-8-13(9-11-18)17(2)3/h4-7,13H,8-11H2,1-3H3,(H,16,19). The Morgan fingerprint density at radius 3 is 2.23 bits per heavy atom. The first-order valence-electron chi connectivity index (χ1n) is 7.34. The van der Waals surface area contributed by atoms with Gasteiger partial charge in [0.25, 0.3) is 10.0 Å². The maximum atomic E-state index is 12.2. The molecule has 1 aromatic rings. The average molecular weight is 325 g/mol. The molecule has 2 rings (SSSR count). The number of rotatable bonds is 3. The van der Waals surface area contributed by atoms with Crippen LogP contribution in [0, 0.1) is 6.92 Å². The normalized spacial score (nSPS) is 16.8. The van der Waals surface area contributed by atoms with E-state index in [1.807, 2.05) is 21.0 Å². The predicted octanol–water partition coefficient (Wildman–Crippen LogP) is 1.42. The van der Waals surface area contributed by atoms with Crippen LogP contribution in [0.5, 0.6) is 0 Å². The van der Waals surface area contributed by atoms with Crippen LogP contribution in [0.15, 0.2) is 29.2 Å². The number of sulfonamides is 1. The van der Waals surface area contributed by atoms with E-state index in [9.17, 15) is 13.2 Å². The Balaban J connectivity index is 1.98. The van der Waals surface area contributed by atoms with Crippen LogP contribution in [0.4, 0.5) is 4.79 Å². The third-order valence-electron chi connectivity index (χ3n) is 4.03. The molecular formula is C15H23N3O3S. The van der Waals surface area contributed by atoms with Gasteiger partial charge in [0.2, 0.25) is 0 Å². The lowest BCUT2D eigenvalue weighted by Crippen LogP contribution is -2.49. The fraction of sp³-hybridized carbons (Fsp3) is 0.533. The minimum Gasteiger partial charge on any atom is -0.324 e. The van der Waals surface area contributed by atoms with E-state index in [0.717, 1.165) is 18.4 Å². The summed E-state index contributed by atoms with van der Waals surface area (Å²) >= 11 is 0. The van der Waals surface area contributed by atoms with Gasteiger partial charge in [-0.25, -0.2) is 17.9 Å². The van der Waals surface area contributed by atoms with Crippen molar-refractivity contribution >= 4 is 16.1 Å². The fourth-order valence-electron chi connectivity index (χ4n) is 2.54. The van der Waals surface area contributed by atoms with Crippen molar-refractivity contribution in [2.45, 2.75) is 30.7 Å². The fourth-order valence-corrected chi connectivity index (χ4v) is 3.51. The van der Waals surface area contributed by atoms with Crippen molar-refractivity contribution in [1.82, 2.24) is 14.5 Å². The van der Waals surface area contributed by atoms with Gasteiger partial charge in [-0.05, 0) is 46.0 Å². The van der Waals surface area contributed by atoms with Gasteiger partial charge in [0, 0.05) is 19.1 Å². The van der Waals surface area contributed by atoms with Crippen LogP contribution in [0.25, 0.3) is 0 Å². The lowest BCUT2D eigenvalue weighted by atomic mass is 10.0. The van der Waals surface area contributed by atoms with Crippen molar-refractivity contribution in [2.75, 3.05) is 27.2 Å². The molecule has 1 fully saturated rings. The molecule has 0 unspecified atom stereocenters. The minimum atomic E-state index is -3.81. The molecule has 2 amide bonds. The first-order valence-corrected chi connectivity index (χ1v) is 8.83. The summed E-state index contributed by atoms with van der Waals surface area (Å²) < 4.78 is 26.6. The van der Waals surface area contributed by atoms with Gasteiger partial charge in [-0.3, -0.25) is 0 Å². The molecule has 1 aliphatic rings. The second-order valence-electron chi connectivity index (χ2n) is 5.91. The number of aryl methyl sites for hydroxylation is 1. The third-order valence-corrected chi connectivity index (χ3v) is 5.37. The Bertz CT molecular complexity index is 618. The summed E-state index contributed by atoms with van der Waals surface area (Å²) in [4.78, 5) is 16.0. The summed E-state index contributed by atoms with van der Waals surface area (Å²) in [7, 11) is 0.225. The highest BCUT2D eigenvalue weighted by Crippen LogP contribution is 2.15. The molecule has 0 aromatic heterocycles. The molecule has 1 N–H and O–H groups in total. The van der Waals surface area contributed by atoms with E-state index in [4.69, 9.17) is 0 Å². The SMILES string of the molecule is Cc1ccc(S(=O)(=O)NC(=O)N2CCC(N(C)C)CC2)cc1. The van der Waals surface area contributed by atoms with E-state index in [2.05, 4.69) is 9.62 Å². The zero-order chi connectivity index (χ0) is 16.3. The molecule has 22 heavy (non-hydrogen) atoms. The predicted molar refractivity (Wildman–Crippen MR) is 85.2 cm³/mol. The molecule has 0 radical (unpaired) electrons. The Kier molecular flexibility index (Phi) is 5.08. The highest BCUT2D eigenvalue weighted by Gasteiger charge is 2.26. The van der Waals surface area contributed by atoms with Crippen LogP contribution >= 0.6 is 0 Å². The molecule has 6 nitrogen and oxygen atoms in total. The first-order chi connectivity index (χ1) is 10.3. The lowest BCUT2D eigenvalue weighted by Gasteiger charge is -2.34. The van der Waals surface area contributed by atoms with Crippen molar-refractivity contribution in [3.05, 3.63) is 29.8 Å². The number of nitrogens with zero attached hydrogens (tertiary/aromatic N) is 2. The second-order valence-corrected chi connectivity index (χ2v) is 7.59. The number of hydrogen-bond acceptors (Lipinski definition) is 4. The maximum absolute atomic E-state index is 12.2. The van der Waals surface area contributed by atoms with Crippen molar-refractivity contribution in [1.29, 1.82) is 0 Å². The van der Waals surface area contributed by atoms with Gasteiger partial charge in [0.1, 0.15) is 0 Å². The quantitative estimate of drug-likeness (QED) is 0.912. The van der Waals surface area contributed by atoms with Crippen molar-refractivity contribution in [2.24, 2.45) is 0 Å². The molecule has 0 saturated carbocycles. The van der Waals surface area contributed by atoms with Gasteiger partial charge in [-0.1, -0.05) is 17.7 Å². The lowest BCUT2D eigenvalue weighted by molar-refractivity contribution is 0.151. The molecule has 0 spiro atoms. The van der Waals surface area contributed by atoms with Crippen molar-refractivity contribution in [3.8, 4) is 0 Å². The third kappa shape index (κ3) is 3.98. The Morgan fingerprint density at radius 2 is 1.73 bits per heavy atom. The molecule has 0 bridgehead atoms. The second kappa shape index (κ2) is 6.66.